The van der Waals surface area contributed by atoms with Gasteiger partial charge >= 0.3 is 0 Å². The van der Waals surface area contributed by atoms with Crippen LogP contribution in [0.3, 0.4) is 0 Å². The van der Waals surface area contributed by atoms with E-state index < -0.39 is 0 Å². The number of carbonyl (C=O) groups excluding carboxylic acids is 1. The number of benzene rings is 1. The highest BCUT2D eigenvalue weighted by Gasteiger charge is 2.14. The van der Waals surface area contributed by atoms with E-state index in [1.165, 1.54) is 0 Å². The number of nitrogens with zero attached hydrogens (tertiary/aromatic N) is 1. The van der Waals surface area contributed by atoms with Crippen LogP contribution in [0, 0.1) is 0 Å². The van der Waals surface area contributed by atoms with E-state index in [0.29, 0.717) is 11.3 Å². The average Bonchev–Trinajstić information content (AvgIpc) is 2.46. The molecule has 0 aliphatic rings. The third-order valence-electron chi connectivity index (χ3n) is 2.98. The molecule has 0 spiro atoms. The molecule has 1 heterocycles. The summed E-state index contributed by atoms with van der Waals surface area (Å²) < 4.78 is 5.57. The third-order valence-corrected chi connectivity index (χ3v) is 2.98. The summed E-state index contributed by atoms with van der Waals surface area (Å²) in [6, 6.07) is 11.0. The van der Waals surface area contributed by atoms with E-state index in [1.54, 1.807) is 18.3 Å². The first-order valence-corrected chi connectivity index (χ1v) is 6.87. The van der Waals surface area contributed by atoms with Crippen molar-refractivity contribution in [2.45, 2.75) is 33.3 Å². The fourth-order valence-corrected chi connectivity index (χ4v) is 2.02. The largest absolute Gasteiger partial charge is 0.491 e. The maximum absolute atomic E-state index is 12.5. The Morgan fingerprint density at radius 3 is 2.50 bits per heavy atom. The minimum absolute atomic E-state index is 0.0430. The quantitative estimate of drug-likeness (QED) is 0.777. The fraction of sp³-hybridized carbons (Fsp3) is 0.294. The van der Waals surface area contributed by atoms with Gasteiger partial charge in [-0.3, -0.25) is 9.78 Å². The second kappa shape index (κ2) is 6.33. The SMILES string of the molecule is CCc1cccnc1C(=O)c1ccc(OC(C)C)cc1. The minimum Gasteiger partial charge on any atom is -0.491 e. The van der Waals surface area contributed by atoms with Gasteiger partial charge in [-0.1, -0.05) is 13.0 Å². The summed E-state index contributed by atoms with van der Waals surface area (Å²) in [6.07, 6.45) is 2.57. The highest BCUT2D eigenvalue weighted by molar-refractivity contribution is 6.08. The number of carbonyl (C=O) groups is 1. The van der Waals surface area contributed by atoms with Gasteiger partial charge in [-0.15, -0.1) is 0 Å². The molecule has 20 heavy (non-hydrogen) atoms. The van der Waals surface area contributed by atoms with Gasteiger partial charge in [-0.05, 0) is 56.2 Å². The Kier molecular flexibility index (Phi) is 4.51. The number of aryl methyl sites for hydroxylation is 1. The lowest BCUT2D eigenvalue weighted by Crippen LogP contribution is -2.08. The molecule has 0 aliphatic carbocycles. The van der Waals surface area contributed by atoms with Crippen molar-refractivity contribution in [3.05, 3.63) is 59.4 Å². The lowest BCUT2D eigenvalue weighted by molar-refractivity contribution is 0.103. The van der Waals surface area contributed by atoms with Gasteiger partial charge < -0.3 is 4.74 Å². The van der Waals surface area contributed by atoms with Crippen LogP contribution in [0.15, 0.2) is 42.6 Å². The lowest BCUT2D eigenvalue weighted by Gasteiger charge is -2.10. The molecule has 0 bridgehead atoms. The van der Waals surface area contributed by atoms with Crippen LogP contribution in [0.2, 0.25) is 0 Å². The lowest BCUT2D eigenvalue weighted by atomic mass is 10.0. The molecule has 0 atom stereocenters. The molecule has 0 saturated carbocycles. The van der Waals surface area contributed by atoms with Crippen LogP contribution in [0.4, 0.5) is 0 Å². The first kappa shape index (κ1) is 14.3. The molecule has 0 saturated heterocycles. The number of ether oxygens (including phenoxy) is 1. The predicted octanol–water partition coefficient (Wildman–Crippen LogP) is 3.66. The molecule has 0 radical (unpaired) electrons. The Labute approximate surface area is 119 Å². The number of aromatic nitrogens is 1. The molecule has 104 valence electrons. The predicted molar refractivity (Wildman–Crippen MR) is 79.3 cm³/mol. The van der Waals surface area contributed by atoms with Crippen molar-refractivity contribution in [2.24, 2.45) is 0 Å². The fourth-order valence-electron chi connectivity index (χ4n) is 2.02. The first-order valence-electron chi connectivity index (χ1n) is 6.87. The number of rotatable bonds is 5. The smallest absolute Gasteiger partial charge is 0.211 e. The molecule has 3 nitrogen and oxygen atoms in total. The second-order valence-electron chi connectivity index (χ2n) is 4.88. The molecule has 0 unspecified atom stereocenters. The van der Waals surface area contributed by atoms with Gasteiger partial charge in [-0.25, -0.2) is 0 Å². The topological polar surface area (TPSA) is 39.2 Å². The molecule has 2 aromatic rings. The summed E-state index contributed by atoms with van der Waals surface area (Å²) in [4.78, 5) is 16.7. The molecule has 0 fully saturated rings. The Bertz CT molecular complexity index is 588. The molecular formula is C17H19NO2. The van der Waals surface area contributed by atoms with Crippen LogP contribution >= 0.6 is 0 Å². The normalized spacial score (nSPS) is 10.6. The molecule has 0 aliphatic heterocycles. The van der Waals surface area contributed by atoms with E-state index in [1.807, 2.05) is 45.0 Å². The Balaban J connectivity index is 2.25. The maximum atomic E-state index is 12.5. The summed E-state index contributed by atoms with van der Waals surface area (Å²) in [6.45, 7) is 5.97. The van der Waals surface area contributed by atoms with Gasteiger partial charge in [0.15, 0.2) is 0 Å². The summed E-state index contributed by atoms with van der Waals surface area (Å²) >= 11 is 0. The molecule has 2 rings (SSSR count). The van der Waals surface area contributed by atoms with Crippen LogP contribution in [-0.2, 0) is 6.42 Å². The zero-order valence-corrected chi connectivity index (χ0v) is 12.1. The van der Waals surface area contributed by atoms with Crippen molar-refractivity contribution >= 4 is 5.78 Å². The Morgan fingerprint density at radius 2 is 1.90 bits per heavy atom. The summed E-state index contributed by atoms with van der Waals surface area (Å²) in [7, 11) is 0. The number of hydrogen-bond donors (Lipinski definition) is 0. The van der Waals surface area contributed by atoms with Gasteiger partial charge in [0.1, 0.15) is 11.4 Å². The van der Waals surface area contributed by atoms with Gasteiger partial charge in [0.2, 0.25) is 5.78 Å². The first-order chi connectivity index (χ1) is 9.61. The number of ketones is 1. The van der Waals surface area contributed by atoms with E-state index >= 15 is 0 Å². The van der Waals surface area contributed by atoms with Crippen molar-refractivity contribution < 1.29 is 9.53 Å². The highest BCUT2D eigenvalue weighted by Crippen LogP contribution is 2.17. The van der Waals surface area contributed by atoms with Crippen molar-refractivity contribution in [1.29, 1.82) is 0 Å². The van der Waals surface area contributed by atoms with Gasteiger partial charge in [0.05, 0.1) is 6.10 Å². The van der Waals surface area contributed by atoms with E-state index in [0.717, 1.165) is 17.7 Å². The van der Waals surface area contributed by atoms with Crippen molar-refractivity contribution in [2.75, 3.05) is 0 Å². The van der Waals surface area contributed by atoms with Gasteiger partial charge in [0, 0.05) is 11.8 Å². The van der Waals surface area contributed by atoms with E-state index in [9.17, 15) is 4.79 Å². The Hall–Kier alpha value is -2.16. The zero-order chi connectivity index (χ0) is 14.5. The molecule has 1 aromatic heterocycles. The van der Waals surface area contributed by atoms with Crippen molar-refractivity contribution in [3.63, 3.8) is 0 Å². The summed E-state index contributed by atoms with van der Waals surface area (Å²) in [5.74, 6) is 0.729. The Morgan fingerprint density at radius 1 is 1.20 bits per heavy atom. The summed E-state index contributed by atoms with van der Waals surface area (Å²) in [5, 5.41) is 0. The number of hydrogen-bond acceptors (Lipinski definition) is 3. The molecule has 1 aromatic carbocycles. The standard InChI is InChI=1S/C17H19NO2/c1-4-13-6-5-11-18-16(13)17(19)14-7-9-15(10-8-14)20-12(2)3/h5-12H,4H2,1-3H3. The van der Waals surface area contributed by atoms with Gasteiger partial charge in [-0.2, -0.15) is 0 Å². The molecule has 0 N–H and O–H groups in total. The summed E-state index contributed by atoms with van der Waals surface area (Å²) in [5.41, 5.74) is 2.14. The second-order valence-corrected chi connectivity index (χ2v) is 4.88. The van der Waals surface area contributed by atoms with Gasteiger partial charge in [0.25, 0.3) is 0 Å². The molecular weight excluding hydrogens is 250 g/mol. The maximum Gasteiger partial charge on any atom is 0.211 e. The minimum atomic E-state index is -0.0430. The van der Waals surface area contributed by atoms with Crippen LogP contribution in [0.1, 0.15) is 42.4 Å². The van der Waals surface area contributed by atoms with Crippen LogP contribution in [0.5, 0.6) is 5.75 Å². The molecule has 3 heteroatoms. The number of pyridine rings is 1. The molecule has 0 amide bonds. The van der Waals surface area contributed by atoms with Crippen molar-refractivity contribution in [3.8, 4) is 5.75 Å². The van der Waals surface area contributed by atoms with Crippen LogP contribution in [0.25, 0.3) is 0 Å². The van der Waals surface area contributed by atoms with E-state index in [4.69, 9.17) is 4.74 Å². The highest BCUT2D eigenvalue weighted by atomic mass is 16.5. The van der Waals surface area contributed by atoms with Crippen molar-refractivity contribution in [1.82, 2.24) is 4.98 Å². The van der Waals surface area contributed by atoms with E-state index in [-0.39, 0.29) is 11.9 Å². The average molecular weight is 269 g/mol. The van der Waals surface area contributed by atoms with E-state index in [2.05, 4.69) is 4.98 Å². The van der Waals surface area contributed by atoms with Crippen LogP contribution in [-0.4, -0.2) is 16.9 Å². The zero-order valence-electron chi connectivity index (χ0n) is 12.1. The monoisotopic (exact) mass is 269 g/mol. The van der Waals surface area contributed by atoms with Crippen LogP contribution < -0.4 is 4.74 Å². The third kappa shape index (κ3) is 3.23.